The molecule has 1 saturated heterocycles. The Balaban J connectivity index is 0.000000271. The molecule has 0 amide bonds. The molecule has 3 N–H and O–H groups in total. The fraction of sp³-hybridized carbons (Fsp3) is 0.222. The highest BCUT2D eigenvalue weighted by atomic mass is 32.1. The van der Waals surface area contributed by atoms with Gasteiger partial charge in [-0.15, -0.1) is 11.3 Å². The van der Waals surface area contributed by atoms with Crippen molar-refractivity contribution >= 4 is 23.1 Å². The fourth-order valence-electron chi connectivity index (χ4n) is 3.95. The highest BCUT2D eigenvalue weighted by Gasteiger charge is 2.17. The molecule has 2 aromatic carbocycles. The van der Waals surface area contributed by atoms with Crippen LogP contribution in [0.4, 0.5) is 0 Å². The van der Waals surface area contributed by atoms with E-state index < -0.39 is 0 Å². The third-order valence-electron chi connectivity index (χ3n) is 5.79. The van der Waals surface area contributed by atoms with E-state index in [1.807, 2.05) is 88.6 Å². The van der Waals surface area contributed by atoms with E-state index in [-0.39, 0.29) is 11.7 Å². The van der Waals surface area contributed by atoms with Gasteiger partial charge in [-0.25, -0.2) is 4.98 Å². The number of piperidine rings is 1. The van der Waals surface area contributed by atoms with Gasteiger partial charge < -0.3 is 19.9 Å². The lowest BCUT2D eigenvalue weighted by Gasteiger charge is -2.26. The molecule has 0 saturated carbocycles. The monoisotopic (exact) mass is 487 g/mol. The van der Waals surface area contributed by atoms with Crippen molar-refractivity contribution in [2.45, 2.75) is 19.3 Å². The predicted octanol–water partition coefficient (Wildman–Crippen LogP) is 5.54. The summed E-state index contributed by atoms with van der Waals surface area (Å²) in [5, 5.41) is 9.40. The zero-order chi connectivity index (χ0) is 24.6. The molecule has 35 heavy (non-hydrogen) atoms. The normalized spacial score (nSPS) is 13.0. The third kappa shape index (κ3) is 6.16. The second kappa shape index (κ2) is 11.5. The number of carbonyl (C=O) groups excluding carboxylic acids is 1. The van der Waals surface area contributed by atoms with Crippen LogP contribution in [0.25, 0.3) is 11.3 Å². The van der Waals surface area contributed by atoms with Crippen LogP contribution in [-0.4, -0.2) is 39.3 Å². The van der Waals surface area contributed by atoms with Gasteiger partial charge in [-0.3, -0.25) is 10.2 Å². The minimum atomic E-state index is -0.0644. The zero-order valence-electron chi connectivity index (χ0n) is 19.7. The molecule has 7 nitrogen and oxygen atoms in total. The van der Waals surface area contributed by atoms with Crippen molar-refractivity contribution in [3.63, 3.8) is 0 Å². The average molecular weight is 488 g/mol. The summed E-state index contributed by atoms with van der Waals surface area (Å²) < 4.78 is 7.80. The number of guanidine groups is 1. The first-order chi connectivity index (χ1) is 17.0. The number of likely N-dealkylation sites (tertiary alicyclic amines) is 1. The molecule has 0 bridgehead atoms. The molecule has 1 aliphatic rings. The quantitative estimate of drug-likeness (QED) is 0.219. The summed E-state index contributed by atoms with van der Waals surface area (Å²) in [5.74, 6) is 1.71. The first-order valence-corrected chi connectivity index (χ1v) is 12.4. The number of thiazole rings is 1. The Hall–Kier alpha value is -3.91. The molecule has 8 heteroatoms. The van der Waals surface area contributed by atoms with Crippen LogP contribution in [0.15, 0.2) is 78.3 Å². The highest BCUT2D eigenvalue weighted by Crippen LogP contribution is 2.29. The fourth-order valence-corrected chi connectivity index (χ4v) is 4.54. The van der Waals surface area contributed by atoms with Crippen molar-refractivity contribution < 1.29 is 9.53 Å². The summed E-state index contributed by atoms with van der Waals surface area (Å²) in [6.07, 6.45) is 5.33. The molecule has 0 radical (unpaired) electrons. The van der Waals surface area contributed by atoms with Crippen LogP contribution < -0.4 is 10.5 Å². The van der Waals surface area contributed by atoms with E-state index in [1.165, 1.54) is 30.6 Å². The molecule has 1 fully saturated rings. The standard InChI is InChI=1S/C21H16N2O2S.C6H13N3/c1-23-18(10-11-19(23)20(24)21-22-12-13-26-21)15-6-5-9-17(14-15)25-16-7-3-2-4-8-16;7-6(8)9-4-2-1-3-5-9/h2-14H,1H3;1-5H2,(H3,7,8). The van der Waals surface area contributed by atoms with Gasteiger partial charge in [-0.1, -0.05) is 30.3 Å². The van der Waals surface area contributed by atoms with Crippen molar-refractivity contribution in [2.24, 2.45) is 12.8 Å². The molecule has 5 rings (SSSR count). The van der Waals surface area contributed by atoms with Gasteiger partial charge >= 0.3 is 0 Å². The maximum absolute atomic E-state index is 12.6. The van der Waals surface area contributed by atoms with E-state index in [0.29, 0.717) is 10.7 Å². The van der Waals surface area contributed by atoms with Gasteiger partial charge in [0.15, 0.2) is 11.0 Å². The van der Waals surface area contributed by atoms with Gasteiger partial charge in [0, 0.05) is 43.0 Å². The van der Waals surface area contributed by atoms with E-state index >= 15 is 0 Å². The predicted molar refractivity (Wildman–Crippen MR) is 140 cm³/mol. The molecule has 3 heterocycles. The molecule has 180 valence electrons. The van der Waals surface area contributed by atoms with E-state index in [9.17, 15) is 4.79 Å². The van der Waals surface area contributed by atoms with Crippen molar-refractivity contribution in [3.05, 3.63) is 89.0 Å². The van der Waals surface area contributed by atoms with Crippen molar-refractivity contribution in [1.29, 1.82) is 5.41 Å². The second-order valence-electron chi connectivity index (χ2n) is 8.21. The molecular weight excluding hydrogens is 458 g/mol. The second-order valence-corrected chi connectivity index (χ2v) is 9.10. The first-order valence-electron chi connectivity index (χ1n) is 11.5. The van der Waals surface area contributed by atoms with Crippen LogP contribution in [0, 0.1) is 5.41 Å². The number of nitrogens with two attached hydrogens (primary N) is 1. The summed E-state index contributed by atoms with van der Waals surface area (Å²) >= 11 is 1.35. The van der Waals surface area contributed by atoms with Crippen molar-refractivity contribution in [3.8, 4) is 22.8 Å². The topological polar surface area (TPSA) is 97.2 Å². The Morgan fingerprint density at radius 2 is 1.74 bits per heavy atom. The molecule has 2 aromatic heterocycles. The van der Waals surface area contributed by atoms with Crippen LogP contribution in [0.3, 0.4) is 0 Å². The summed E-state index contributed by atoms with van der Waals surface area (Å²) in [7, 11) is 1.89. The highest BCUT2D eigenvalue weighted by molar-refractivity contribution is 7.11. The molecular formula is C27H29N5O2S. The SMILES string of the molecule is Cn1c(C(=O)c2nccs2)ccc1-c1cccc(Oc2ccccc2)c1.N=C(N)N1CCCCC1. The van der Waals surface area contributed by atoms with E-state index in [2.05, 4.69) is 4.98 Å². The summed E-state index contributed by atoms with van der Waals surface area (Å²) in [4.78, 5) is 18.6. The van der Waals surface area contributed by atoms with Gasteiger partial charge in [0.1, 0.15) is 11.5 Å². The number of rotatable bonds is 5. The smallest absolute Gasteiger partial charge is 0.237 e. The largest absolute Gasteiger partial charge is 0.457 e. The number of para-hydroxylation sites is 1. The van der Waals surface area contributed by atoms with E-state index in [0.717, 1.165) is 35.8 Å². The van der Waals surface area contributed by atoms with Gasteiger partial charge in [-0.2, -0.15) is 0 Å². The van der Waals surface area contributed by atoms with Gasteiger partial charge in [0.2, 0.25) is 5.78 Å². The Bertz CT molecular complexity index is 1260. The summed E-state index contributed by atoms with van der Waals surface area (Å²) in [6, 6.07) is 21.3. The lowest BCUT2D eigenvalue weighted by Crippen LogP contribution is -2.39. The molecule has 1 aliphatic heterocycles. The number of ether oxygens (including phenoxy) is 1. The van der Waals surface area contributed by atoms with E-state index in [1.54, 1.807) is 6.20 Å². The van der Waals surface area contributed by atoms with Crippen LogP contribution >= 0.6 is 11.3 Å². The Morgan fingerprint density at radius 3 is 2.40 bits per heavy atom. The van der Waals surface area contributed by atoms with Crippen LogP contribution in [0.1, 0.15) is 34.8 Å². The maximum atomic E-state index is 12.6. The summed E-state index contributed by atoms with van der Waals surface area (Å²) in [6.45, 7) is 1.96. The van der Waals surface area contributed by atoms with Gasteiger partial charge in [0.25, 0.3) is 0 Å². The minimum Gasteiger partial charge on any atom is -0.457 e. The molecule has 0 aliphatic carbocycles. The number of hydrogen-bond acceptors (Lipinski definition) is 5. The molecule has 0 spiro atoms. The summed E-state index contributed by atoms with van der Waals surface area (Å²) in [5.41, 5.74) is 7.82. The van der Waals surface area contributed by atoms with Gasteiger partial charge in [0.05, 0.1) is 5.69 Å². The van der Waals surface area contributed by atoms with Crippen molar-refractivity contribution in [1.82, 2.24) is 14.5 Å². The number of hydrogen-bond donors (Lipinski definition) is 2. The number of benzene rings is 2. The maximum Gasteiger partial charge on any atom is 0.237 e. The number of aromatic nitrogens is 2. The third-order valence-corrected chi connectivity index (χ3v) is 6.56. The molecule has 0 unspecified atom stereocenters. The number of nitrogens with one attached hydrogen (secondary N) is 1. The Kier molecular flexibility index (Phi) is 7.95. The minimum absolute atomic E-state index is 0.0644. The van der Waals surface area contributed by atoms with Crippen molar-refractivity contribution in [2.75, 3.05) is 13.1 Å². The van der Waals surface area contributed by atoms with E-state index in [4.69, 9.17) is 15.9 Å². The Morgan fingerprint density at radius 1 is 1.00 bits per heavy atom. The molecule has 0 atom stereocenters. The molecule has 4 aromatic rings. The first kappa shape index (κ1) is 24.2. The number of ketones is 1. The zero-order valence-corrected chi connectivity index (χ0v) is 20.5. The lowest BCUT2D eigenvalue weighted by atomic mass is 10.1. The number of carbonyl (C=O) groups is 1. The van der Waals surface area contributed by atoms with Crippen LogP contribution in [0.5, 0.6) is 11.5 Å². The van der Waals surface area contributed by atoms with Crippen LogP contribution in [0.2, 0.25) is 0 Å². The lowest BCUT2D eigenvalue weighted by molar-refractivity contribution is 0.103. The Labute approximate surface area is 209 Å². The van der Waals surface area contributed by atoms with Crippen LogP contribution in [-0.2, 0) is 7.05 Å². The van der Waals surface area contributed by atoms with Gasteiger partial charge in [-0.05, 0) is 55.7 Å². The number of nitrogens with zero attached hydrogens (tertiary/aromatic N) is 3. The average Bonchev–Trinajstić information content (AvgIpc) is 3.56.